The van der Waals surface area contributed by atoms with E-state index >= 15 is 0 Å². The van der Waals surface area contributed by atoms with Gasteiger partial charge in [0.25, 0.3) is 0 Å². The zero-order valence-electron chi connectivity index (χ0n) is 14.8. The van der Waals surface area contributed by atoms with Crippen LogP contribution >= 0.6 is 24.0 Å². The molecule has 1 aromatic carbocycles. The summed E-state index contributed by atoms with van der Waals surface area (Å²) in [5.74, 6) is 0.526. The summed E-state index contributed by atoms with van der Waals surface area (Å²) < 4.78 is 5.45. The van der Waals surface area contributed by atoms with Crippen molar-refractivity contribution in [2.24, 2.45) is 16.1 Å². The van der Waals surface area contributed by atoms with E-state index in [1.807, 2.05) is 7.11 Å². The zero-order chi connectivity index (χ0) is 16.3. The molecule has 5 heteroatoms. The third kappa shape index (κ3) is 4.85. The van der Waals surface area contributed by atoms with Crippen molar-refractivity contribution in [3.8, 4) is 0 Å². The number of rotatable bonds is 4. The number of ether oxygens (including phenoxy) is 1. The van der Waals surface area contributed by atoms with Gasteiger partial charge in [-0.3, -0.25) is 4.99 Å². The molecule has 0 aliphatic heterocycles. The van der Waals surface area contributed by atoms with E-state index in [1.165, 1.54) is 30.4 Å². The van der Waals surface area contributed by atoms with Crippen molar-refractivity contribution in [2.75, 3.05) is 19.0 Å². The van der Waals surface area contributed by atoms with Crippen LogP contribution in [0.1, 0.15) is 50.2 Å². The summed E-state index contributed by atoms with van der Waals surface area (Å²) in [5, 5.41) is 3.25. The van der Waals surface area contributed by atoms with Gasteiger partial charge in [0.05, 0.1) is 6.10 Å². The zero-order valence-corrected chi connectivity index (χ0v) is 17.1. The molecule has 0 unspecified atom stereocenters. The topological polar surface area (TPSA) is 59.6 Å². The summed E-state index contributed by atoms with van der Waals surface area (Å²) in [6.07, 6.45) is 8.64. The lowest BCUT2D eigenvalue weighted by atomic mass is 9.75. The van der Waals surface area contributed by atoms with E-state index in [0.717, 1.165) is 37.9 Å². The van der Waals surface area contributed by atoms with E-state index in [9.17, 15) is 0 Å². The van der Waals surface area contributed by atoms with E-state index < -0.39 is 0 Å². The van der Waals surface area contributed by atoms with Crippen LogP contribution in [0.4, 0.5) is 5.69 Å². The first-order valence-corrected chi connectivity index (χ1v) is 8.79. The Morgan fingerprint density at radius 2 is 2.00 bits per heavy atom. The first-order chi connectivity index (χ1) is 11.1. The van der Waals surface area contributed by atoms with Crippen LogP contribution in [0.5, 0.6) is 0 Å². The fraction of sp³-hybridized carbons (Fsp3) is 0.632. The lowest BCUT2D eigenvalue weighted by Gasteiger charge is -2.35. The van der Waals surface area contributed by atoms with Crippen LogP contribution in [0.3, 0.4) is 0 Å². The maximum atomic E-state index is 6.09. The number of halogens is 1. The van der Waals surface area contributed by atoms with Crippen LogP contribution in [0.25, 0.3) is 0 Å². The fourth-order valence-electron chi connectivity index (χ4n) is 3.80. The Morgan fingerprint density at radius 3 is 2.71 bits per heavy atom. The minimum atomic E-state index is 0. The number of aryl methyl sites for hydroxylation is 2. The molecule has 0 radical (unpaired) electrons. The van der Waals surface area contributed by atoms with Gasteiger partial charge in [-0.05, 0) is 73.6 Å². The molecule has 3 N–H and O–H groups in total. The molecule has 24 heavy (non-hydrogen) atoms. The predicted octanol–water partition coefficient (Wildman–Crippen LogP) is 4.12. The van der Waals surface area contributed by atoms with Crippen molar-refractivity contribution < 1.29 is 4.74 Å². The van der Waals surface area contributed by atoms with Crippen molar-refractivity contribution in [3.63, 3.8) is 0 Å². The lowest BCUT2D eigenvalue weighted by molar-refractivity contribution is 0.0353. The standard InChI is InChI=1S/C19H29N3O.HI/c1-19(10-8-17(23-2)9-11-19)13-21-18(20)22-16-7-6-14-4-3-5-15(14)12-16;/h6-7,12,17H,3-5,8-11,13H2,1-2H3,(H3,20,21,22);1H. The van der Waals surface area contributed by atoms with E-state index in [2.05, 4.69) is 35.4 Å². The van der Waals surface area contributed by atoms with Crippen molar-refractivity contribution >= 4 is 35.6 Å². The van der Waals surface area contributed by atoms with Gasteiger partial charge in [0.15, 0.2) is 5.96 Å². The van der Waals surface area contributed by atoms with Crippen LogP contribution in [0.15, 0.2) is 23.2 Å². The summed E-state index contributed by atoms with van der Waals surface area (Å²) in [6.45, 7) is 3.10. The molecule has 1 aromatic rings. The summed E-state index contributed by atoms with van der Waals surface area (Å²) in [7, 11) is 1.81. The fourth-order valence-corrected chi connectivity index (χ4v) is 3.80. The third-order valence-corrected chi connectivity index (χ3v) is 5.48. The minimum absolute atomic E-state index is 0. The Hall–Kier alpha value is -0.820. The van der Waals surface area contributed by atoms with Crippen LogP contribution in [0.2, 0.25) is 0 Å². The van der Waals surface area contributed by atoms with Gasteiger partial charge in [-0.25, -0.2) is 0 Å². The van der Waals surface area contributed by atoms with Gasteiger partial charge in [0.1, 0.15) is 0 Å². The molecule has 0 heterocycles. The van der Waals surface area contributed by atoms with Gasteiger partial charge in [-0.2, -0.15) is 0 Å². The molecule has 0 saturated heterocycles. The molecule has 0 spiro atoms. The highest BCUT2D eigenvalue weighted by atomic mass is 127. The van der Waals surface area contributed by atoms with Gasteiger partial charge in [-0.1, -0.05) is 13.0 Å². The molecule has 2 aliphatic rings. The Labute approximate surface area is 162 Å². The third-order valence-electron chi connectivity index (χ3n) is 5.48. The number of hydrogen-bond acceptors (Lipinski definition) is 2. The first kappa shape index (κ1) is 19.5. The largest absolute Gasteiger partial charge is 0.381 e. The quantitative estimate of drug-likeness (QED) is 0.418. The number of aliphatic imine (C=N–C) groups is 1. The highest BCUT2D eigenvalue weighted by Crippen LogP contribution is 2.37. The first-order valence-electron chi connectivity index (χ1n) is 8.79. The van der Waals surface area contributed by atoms with Crippen molar-refractivity contribution in [3.05, 3.63) is 29.3 Å². The average molecular weight is 443 g/mol. The predicted molar refractivity (Wildman–Crippen MR) is 111 cm³/mol. The van der Waals surface area contributed by atoms with Crippen LogP contribution in [-0.2, 0) is 17.6 Å². The number of benzene rings is 1. The number of nitrogens with zero attached hydrogens (tertiary/aromatic N) is 1. The summed E-state index contributed by atoms with van der Waals surface area (Å²) in [6, 6.07) is 6.54. The maximum absolute atomic E-state index is 6.09. The lowest BCUT2D eigenvalue weighted by Crippen LogP contribution is -2.32. The number of fused-ring (bicyclic) bond motifs is 1. The second-order valence-corrected chi connectivity index (χ2v) is 7.41. The summed E-state index contributed by atoms with van der Waals surface area (Å²) in [4.78, 5) is 4.60. The Bertz CT molecular complexity index is 580. The normalized spacial score (nSPS) is 26.6. The van der Waals surface area contributed by atoms with Crippen LogP contribution < -0.4 is 11.1 Å². The van der Waals surface area contributed by atoms with E-state index in [1.54, 1.807) is 0 Å². The van der Waals surface area contributed by atoms with Gasteiger partial charge < -0.3 is 15.8 Å². The van der Waals surface area contributed by atoms with E-state index in [4.69, 9.17) is 10.5 Å². The van der Waals surface area contributed by atoms with Crippen molar-refractivity contribution in [2.45, 2.75) is 58.0 Å². The molecule has 1 fully saturated rings. The van der Waals surface area contributed by atoms with Crippen LogP contribution in [-0.4, -0.2) is 25.7 Å². The SMILES string of the molecule is COC1CCC(C)(CN=C(N)Nc2ccc3c(c2)CCC3)CC1.I. The molecule has 0 atom stereocenters. The highest BCUT2D eigenvalue weighted by Gasteiger charge is 2.30. The molecule has 0 bridgehead atoms. The van der Waals surface area contributed by atoms with Gasteiger partial charge in [0.2, 0.25) is 0 Å². The average Bonchev–Trinajstić information content (AvgIpc) is 3.02. The van der Waals surface area contributed by atoms with E-state index in [0.29, 0.717) is 12.1 Å². The molecule has 0 aromatic heterocycles. The number of methoxy groups -OCH3 is 1. The Morgan fingerprint density at radius 1 is 1.29 bits per heavy atom. The van der Waals surface area contributed by atoms with Crippen molar-refractivity contribution in [1.82, 2.24) is 0 Å². The maximum Gasteiger partial charge on any atom is 0.193 e. The molecule has 4 nitrogen and oxygen atoms in total. The van der Waals surface area contributed by atoms with Crippen molar-refractivity contribution in [1.29, 1.82) is 0 Å². The Kier molecular flexibility index (Phi) is 6.92. The summed E-state index contributed by atoms with van der Waals surface area (Å²) >= 11 is 0. The molecular formula is C19H30IN3O. The minimum Gasteiger partial charge on any atom is -0.381 e. The van der Waals surface area contributed by atoms with Gasteiger partial charge >= 0.3 is 0 Å². The van der Waals surface area contributed by atoms with E-state index in [-0.39, 0.29) is 29.4 Å². The second-order valence-electron chi connectivity index (χ2n) is 7.41. The number of guanidine groups is 1. The number of hydrogen-bond donors (Lipinski definition) is 2. The Balaban J connectivity index is 0.00000208. The molecular weight excluding hydrogens is 413 g/mol. The van der Waals surface area contributed by atoms with Gasteiger partial charge in [-0.15, -0.1) is 24.0 Å². The molecule has 1 saturated carbocycles. The second kappa shape index (κ2) is 8.52. The molecule has 134 valence electrons. The number of anilines is 1. The number of nitrogens with two attached hydrogens (primary N) is 1. The smallest absolute Gasteiger partial charge is 0.193 e. The number of nitrogens with one attached hydrogen (secondary N) is 1. The molecule has 0 amide bonds. The highest BCUT2D eigenvalue weighted by molar-refractivity contribution is 14.0. The molecule has 3 rings (SSSR count). The monoisotopic (exact) mass is 443 g/mol. The van der Waals surface area contributed by atoms with Gasteiger partial charge in [0, 0.05) is 19.3 Å². The summed E-state index contributed by atoms with van der Waals surface area (Å²) in [5.41, 5.74) is 10.3. The van der Waals surface area contributed by atoms with Crippen LogP contribution in [0, 0.1) is 5.41 Å². The molecule has 2 aliphatic carbocycles.